The number of hydrogen-bond donors (Lipinski definition) is 1. The van der Waals surface area contributed by atoms with Crippen LogP contribution in [0.25, 0.3) is 11.8 Å². The first-order valence-electron chi connectivity index (χ1n) is 10.1. The summed E-state index contributed by atoms with van der Waals surface area (Å²) in [5, 5.41) is 13.7. The Morgan fingerprint density at radius 1 is 1.30 bits per heavy atom. The minimum Gasteiger partial charge on any atom is -0.375 e. The predicted molar refractivity (Wildman–Crippen MR) is 119 cm³/mol. The molecule has 0 bridgehead atoms. The number of carbonyl (C=O) groups is 2. The number of carbonyl (C=O) groups excluding carboxylic acids is 2. The zero-order valence-corrected chi connectivity index (χ0v) is 18.4. The van der Waals surface area contributed by atoms with Crippen molar-refractivity contribution in [2.45, 2.75) is 13.0 Å². The molecular weight excluding hydrogens is 451 g/mol. The molecule has 2 amide bonds. The maximum atomic E-state index is 14.7. The van der Waals surface area contributed by atoms with Crippen LogP contribution in [-0.4, -0.2) is 57.2 Å². The summed E-state index contributed by atoms with van der Waals surface area (Å²) in [6.45, 7) is 0.779. The molecule has 2 aromatic carbocycles. The fourth-order valence-corrected chi connectivity index (χ4v) is 3.84. The SMILES string of the molecule is COCC(=O)Nc1cccc2c1CCN(C(=O)C=Cc1c(-n3cnnn3)ccc(Cl)c1F)C2. The third-order valence-corrected chi connectivity index (χ3v) is 5.52. The summed E-state index contributed by atoms with van der Waals surface area (Å²) in [4.78, 5) is 26.4. The number of nitrogens with zero attached hydrogens (tertiary/aromatic N) is 5. The molecule has 11 heteroatoms. The molecule has 3 aromatic rings. The van der Waals surface area contributed by atoms with Crippen LogP contribution in [-0.2, 0) is 27.3 Å². The molecule has 1 aliphatic rings. The van der Waals surface area contributed by atoms with E-state index in [0.717, 1.165) is 11.1 Å². The van der Waals surface area contributed by atoms with E-state index in [-0.39, 0.29) is 29.0 Å². The molecule has 0 aliphatic carbocycles. The molecule has 0 unspecified atom stereocenters. The Hall–Kier alpha value is -3.63. The second-order valence-corrected chi connectivity index (χ2v) is 7.72. The molecule has 1 aromatic heterocycles. The fraction of sp³-hybridized carbons (Fsp3) is 0.227. The minimum absolute atomic E-state index is 0.0359. The van der Waals surface area contributed by atoms with E-state index >= 15 is 0 Å². The van der Waals surface area contributed by atoms with Crippen LogP contribution in [0.3, 0.4) is 0 Å². The number of nitrogens with one attached hydrogen (secondary N) is 1. The molecule has 0 fully saturated rings. The summed E-state index contributed by atoms with van der Waals surface area (Å²) in [6.07, 6.45) is 4.57. The van der Waals surface area contributed by atoms with Crippen molar-refractivity contribution in [1.82, 2.24) is 25.1 Å². The van der Waals surface area contributed by atoms with Gasteiger partial charge in [-0.05, 0) is 52.2 Å². The Balaban J connectivity index is 1.53. The zero-order valence-electron chi connectivity index (χ0n) is 17.7. The molecule has 0 atom stereocenters. The van der Waals surface area contributed by atoms with Gasteiger partial charge in [0.25, 0.3) is 0 Å². The van der Waals surface area contributed by atoms with E-state index in [4.69, 9.17) is 16.3 Å². The lowest BCUT2D eigenvalue weighted by Crippen LogP contribution is -2.35. The van der Waals surface area contributed by atoms with Gasteiger partial charge in [-0.15, -0.1) is 5.10 Å². The van der Waals surface area contributed by atoms with Crippen LogP contribution in [0.5, 0.6) is 0 Å². The number of halogens is 2. The van der Waals surface area contributed by atoms with Gasteiger partial charge in [-0.25, -0.2) is 4.39 Å². The maximum Gasteiger partial charge on any atom is 0.250 e. The first-order chi connectivity index (χ1) is 16.0. The van der Waals surface area contributed by atoms with Gasteiger partial charge in [-0.2, -0.15) is 4.68 Å². The number of fused-ring (bicyclic) bond motifs is 1. The van der Waals surface area contributed by atoms with Gasteiger partial charge in [0, 0.05) is 37.5 Å². The Kier molecular flexibility index (Phi) is 6.76. The van der Waals surface area contributed by atoms with Crippen LogP contribution < -0.4 is 5.32 Å². The van der Waals surface area contributed by atoms with Gasteiger partial charge in [-0.3, -0.25) is 9.59 Å². The Bertz CT molecular complexity index is 1220. The van der Waals surface area contributed by atoms with Gasteiger partial charge < -0.3 is 15.0 Å². The molecule has 170 valence electrons. The highest BCUT2D eigenvalue weighted by Crippen LogP contribution is 2.28. The fourth-order valence-electron chi connectivity index (χ4n) is 3.68. The number of rotatable bonds is 6. The summed E-state index contributed by atoms with van der Waals surface area (Å²) in [5.41, 5.74) is 3.08. The Labute approximate surface area is 193 Å². The number of methoxy groups -OCH3 is 1. The average Bonchev–Trinajstić information content (AvgIpc) is 3.34. The molecule has 33 heavy (non-hydrogen) atoms. The molecular formula is C22H20ClFN6O3. The van der Waals surface area contributed by atoms with Crippen molar-refractivity contribution >= 4 is 35.2 Å². The van der Waals surface area contributed by atoms with Crippen molar-refractivity contribution < 1.29 is 18.7 Å². The molecule has 1 N–H and O–H groups in total. The van der Waals surface area contributed by atoms with Crippen LogP contribution in [0, 0.1) is 5.82 Å². The van der Waals surface area contributed by atoms with Crippen LogP contribution in [0.2, 0.25) is 5.02 Å². The van der Waals surface area contributed by atoms with Crippen molar-refractivity contribution in [1.29, 1.82) is 0 Å². The number of anilines is 1. The average molecular weight is 471 g/mol. The monoisotopic (exact) mass is 470 g/mol. The number of benzene rings is 2. The summed E-state index contributed by atoms with van der Waals surface area (Å²) < 4.78 is 20.9. The second-order valence-electron chi connectivity index (χ2n) is 7.32. The van der Waals surface area contributed by atoms with Crippen molar-refractivity contribution in [2.24, 2.45) is 0 Å². The highest BCUT2D eigenvalue weighted by Gasteiger charge is 2.22. The highest BCUT2D eigenvalue weighted by atomic mass is 35.5. The quantitative estimate of drug-likeness (QED) is 0.556. The molecule has 0 radical (unpaired) electrons. The van der Waals surface area contributed by atoms with Gasteiger partial charge in [0.15, 0.2) is 5.82 Å². The van der Waals surface area contributed by atoms with Crippen molar-refractivity contribution in [2.75, 3.05) is 25.6 Å². The van der Waals surface area contributed by atoms with Crippen LogP contribution in [0.1, 0.15) is 16.7 Å². The number of ether oxygens (including phenoxy) is 1. The lowest BCUT2D eigenvalue weighted by Gasteiger charge is -2.29. The van der Waals surface area contributed by atoms with Crippen LogP contribution in [0.15, 0.2) is 42.7 Å². The van der Waals surface area contributed by atoms with Crippen molar-refractivity contribution in [3.05, 3.63) is 70.3 Å². The molecule has 2 heterocycles. The van der Waals surface area contributed by atoms with Gasteiger partial charge in [0.2, 0.25) is 11.8 Å². The molecule has 0 spiro atoms. The largest absolute Gasteiger partial charge is 0.375 e. The highest BCUT2D eigenvalue weighted by molar-refractivity contribution is 6.31. The first-order valence-corrected chi connectivity index (χ1v) is 10.4. The summed E-state index contributed by atoms with van der Waals surface area (Å²) in [7, 11) is 1.46. The molecule has 0 saturated carbocycles. The van der Waals surface area contributed by atoms with E-state index in [2.05, 4.69) is 20.8 Å². The topological polar surface area (TPSA) is 102 Å². The third-order valence-electron chi connectivity index (χ3n) is 5.23. The number of aromatic nitrogens is 4. The molecule has 9 nitrogen and oxygen atoms in total. The van der Waals surface area contributed by atoms with Crippen LogP contribution >= 0.6 is 11.6 Å². The first kappa shape index (κ1) is 22.6. The van der Waals surface area contributed by atoms with E-state index < -0.39 is 5.82 Å². The normalized spacial score (nSPS) is 13.2. The second kappa shape index (κ2) is 9.88. The van der Waals surface area contributed by atoms with E-state index in [0.29, 0.717) is 30.9 Å². The standard InChI is InChI=1S/C22H20ClFN6O3/c1-33-12-20(31)26-18-4-2-3-14-11-29(10-9-15(14)18)21(32)8-5-16-19(30-13-25-27-28-30)7-6-17(23)22(16)24/h2-8,13H,9-12H2,1H3,(H,26,31). The van der Waals surface area contributed by atoms with Gasteiger partial charge >= 0.3 is 0 Å². The predicted octanol–water partition coefficient (Wildman–Crippen LogP) is 2.64. The van der Waals surface area contributed by atoms with E-state index in [9.17, 15) is 14.0 Å². The number of hydrogen-bond acceptors (Lipinski definition) is 6. The number of tetrazole rings is 1. The third kappa shape index (κ3) is 4.91. The maximum absolute atomic E-state index is 14.7. The summed E-state index contributed by atoms with van der Waals surface area (Å²) in [6, 6.07) is 8.54. The van der Waals surface area contributed by atoms with Crippen molar-refractivity contribution in [3.63, 3.8) is 0 Å². The minimum atomic E-state index is -0.672. The Morgan fingerprint density at radius 3 is 2.91 bits per heavy atom. The Morgan fingerprint density at radius 2 is 2.15 bits per heavy atom. The zero-order chi connectivity index (χ0) is 23.4. The van der Waals surface area contributed by atoms with Crippen LogP contribution in [0.4, 0.5) is 10.1 Å². The smallest absolute Gasteiger partial charge is 0.250 e. The number of amides is 2. The summed E-state index contributed by atoms with van der Waals surface area (Å²) >= 11 is 5.94. The molecule has 4 rings (SSSR count). The van der Waals surface area contributed by atoms with E-state index in [1.807, 2.05) is 18.2 Å². The molecule has 0 saturated heterocycles. The van der Waals surface area contributed by atoms with Gasteiger partial charge in [0.05, 0.1) is 10.7 Å². The van der Waals surface area contributed by atoms with E-state index in [1.165, 1.54) is 36.3 Å². The van der Waals surface area contributed by atoms with Crippen molar-refractivity contribution in [3.8, 4) is 5.69 Å². The van der Waals surface area contributed by atoms with Gasteiger partial charge in [-0.1, -0.05) is 23.7 Å². The van der Waals surface area contributed by atoms with Gasteiger partial charge in [0.1, 0.15) is 12.9 Å². The lowest BCUT2D eigenvalue weighted by atomic mass is 9.97. The summed E-state index contributed by atoms with van der Waals surface area (Å²) in [5.74, 6) is -1.19. The molecule has 1 aliphatic heterocycles. The lowest BCUT2D eigenvalue weighted by molar-refractivity contribution is -0.126. The van der Waals surface area contributed by atoms with E-state index in [1.54, 1.807) is 11.0 Å².